The third kappa shape index (κ3) is 2.88. The monoisotopic (exact) mass is 344 g/mol. The highest BCUT2D eigenvalue weighted by Gasteiger charge is 2.53. The maximum atomic E-state index is 6.03. The van der Waals surface area contributed by atoms with Crippen molar-refractivity contribution in [3.63, 3.8) is 0 Å². The molecule has 0 radical (unpaired) electrons. The van der Waals surface area contributed by atoms with Gasteiger partial charge in [-0.1, -0.05) is 11.5 Å². The topological polar surface area (TPSA) is 43.2 Å². The van der Waals surface area contributed by atoms with Crippen molar-refractivity contribution in [1.82, 2.24) is 19.7 Å². The van der Waals surface area contributed by atoms with Gasteiger partial charge in [0.15, 0.2) is 0 Å². The van der Waals surface area contributed by atoms with Crippen LogP contribution in [-0.2, 0) is 12.5 Å². The summed E-state index contributed by atoms with van der Waals surface area (Å²) in [5.74, 6) is 4.02. The molecular weight excluding hydrogens is 312 g/mol. The molecule has 1 saturated heterocycles. The normalized spacial score (nSPS) is 37.6. The standard InChI is InChI=1S/C20H32N4O/c1-23-18(20-12-15-9-16(13-20)11-17(10-15)14-20)21-22-19(23)25-8-7-24-5-3-2-4-6-24/h15-17H,2-14H2,1H3. The molecule has 138 valence electrons. The summed E-state index contributed by atoms with van der Waals surface area (Å²) >= 11 is 0. The van der Waals surface area contributed by atoms with E-state index >= 15 is 0 Å². The van der Waals surface area contributed by atoms with Crippen molar-refractivity contribution in [3.05, 3.63) is 5.82 Å². The molecule has 1 aliphatic heterocycles. The second-order valence-corrected chi connectivity index (χ2v) is 9.31. The molecule has 4 bridgehead atoms. The average Bonchev–Trinajstić information content (AvgIpc) is 2.96. The highest BCUT2D eigenvalue weighted by Crippen LogP contribution is 2.60. The van der Waals surface area contributed by atoms with Crippen molar-refractivity contribution in [2.75, 3.05) is 26.2 Å². The molecule has 0 aromatic carbocycles. The lowest BCUT2D eigenvalue weighted by molar-refractivity contribution is -0.0110. The smallest absolute Gasteiger partial charge is 0.316 e. The van der Waals surface area contributed by atoms with E-state index in [1.54, 1.807) is 0 Å². The van der Waals surface area contributed by atoms with Gasteiger partial charge < -0.3 is 4.74 Å². The lowest BCUT2D eigenvalue weighted by Gasteiger charge is -2.56. The summed E-state index contributed by atoms with van der Waals surface area (Å²) in [6.07, 6.45) is 12.5. The van der Waals surface area contributed by atoms with Crippen LogP contribution < -0.4 is 4.74 Å². The van der Waals surface area contributed by atoms with Gasteiger partial charge in [-0.3, -0.25) is 9.47 Å². The van der Waals surface area contributed by atoms with E-state index in [-0.39, 0.29) is 0 Å². The zero-order valence-electron chi connectivity index (χ0n) is 15.6. The van der Waals surface area contributed by atoms with Gasteiger partial charge in [-0.15, -0.1) is 5.10 Å². The minimum atomic E-state index is 0.297. The van der Waals surface area contributed by atoms with E-state index in [1.807, 2.05) is 0 Å². The summed E-state index contributed by atoms with van der Waals surface area (Å²) in [6, 6.07) is 0.725. The van der Waals surface area contributed by atoms with Crippen LogP contribution in [0.2, 0.25) is 0 Å². The van der Waals surface area contributed by atoms with Crippen molar-refractivity contribution in [1.29, 1.82) is 0 Å². The van der Waals surface area contributed by atoms with E-state index in [0.29, 0.717) is 5.41 Å². The average molecular weight is 345 g/mol. The first-order chi connectivity index (χ1) is 12.2. The number of hydrogen-bond donors (Lipinski definition) is 0. The second kappa shape index (κ2) is 6.26. The van der Waals surface area contributed by atoms with Crippen LogP contribution in [0.4, 0.5) is 0 Å². The number of hydrogen-bond acceptors (Lipinski definition) is 4. The highest BCUT2D eigenvalue weighted by atomic mass is 16.5. The molecule has 4 aliphatic carbocycles. The summed E-state index contributed by atoms with van der Waals surface area (Å²) < 4.78 is 8.20. The molecule has 2 heterocycles. The molecule has 4 saturated carbocycles. The zero-order chi connectivity index (χ0) is 16.9. The van der Waals surface area contributed by atoms with E-state index < -0.39 is 0 Å². The second-order valence-electron chi connectivity index (χ2n) is 9.31. The SMILES string of the molecule is Cn1c(OCCN2CCCCC2)nnc1C12CC3CC(CC(C3)C1)C2. The van der Waals surface area contributed by atoms with Crippen molar-refractivity contribution < 1.29 is 4.74 Å². The Morgan fingerprint density at radius 1 is 0.960 bits per heavy atom. The number of piperidine rings is 1. The Morgan fingerprint density at radius 2 is 1.60 bits per heavy atom. The van der Waals surface area contributed by atoms with Crippen LogP contribution in [0.15, 0.2) is 0 Å². The molecule has 0 N–H and O–H groups in total. The third-order valence-electron chi connectivity index (χ3n) is 7.43. The van der Waals surface area contributed by atoms with Crippen molar-refractivity contribution >= 4 is 0 Å². The predicted octanol–water partition coefficient (Wildman–Crippen LogP) is 3.15. The van der Waals surface area contributed by atoms with Crippen LogP contribution in [0.5, 0.6) is 6.01 Å². The van der Waals surface area contributed by atoms with Crippen molar-refractivity contribution in [2.45, 2.75) is 63.2 Å². The number of nitrogens with zero attached hydrogens (tertiary/aromatic N) is 4. The summed E-state index contributed by atoms with van der Waals surface area (Å²) in [4.78, 5) is 2.51. The van der Waals surface area contributed by atoms with Crippen molar-refractivity contribution in [3.8, 4) is 6.01 Å². The Morgan fingerprint density at radius 3 is 2.24 bits per heavy atom. The zero-order valence-corrected chi connectivity index (χ0v) is 15.6. The van der Waals surface area contributed by atoms with Gasteiger partial charge in [-0.05, 0) is 82.2 Å². The Bertz CT molecular complexity index is 584. The maximum absolute atomic E-state index is 6.03. The van der Waals surface area contributed by atoms with Crippen LogP contribution in [0.1, 0.15) is 63.6 Å². The van der Waals surface area contributed by atoms with Crippen LogP contribution >= 0.6 is 0 Å². The van der Waals surface area contributed by atoms with Gasteiger partial charge in [-0.25, -0.2) is 0 Å². The fraction of sp³-hybridized carbons (Fsp3) is 0.900. The largest absolute Gasteiger partial charge is 0.462 e. The van der Waals surface area contributed by atoms with Crippen LogP contribution in [0, 0.1) is 17.8 Å². The van der Waals surface area contributed by atoms with E-state index in [9.17, 15) is 0 Å². The number of likely N-dealkylation sites (tertiary alicyclic amines) is 1. The molecule has 1 aromatic heterocycles. The van der Waals surface area contributed by atoms with E-state index in [4.69, 9.17) is 4.74 Å². The molecule has 6 rings (SSSR count). The molecule has 5 fully saturated rings. The van der Waals surface area contributed by atoms with Crippen LogP contribution in [0.3, 0.4) is 0 Å². The van der Waals surface area contributed by atoms with Crippen LogP contribution in [-0.4, -0.2) is 45.9 Å². The van der Waals surface area contributed by atoms with Gasteiger partial charge in [-0.2, -0.15) is 0 Å². The Balaban J connectivity index is 1.26. The molecule has 25 heavy (non-hydrogen) atoms. The minimum absolute atomic E-state index is 0.297. The number of aromatic nitrogens is 3. The van der Waals surface area contributed by atoms with Crippen LogP contribution in [0.25, 0.3) is 0 Å². The molecule has 1 aromatic rings. The maximum Gasteiger partial charge on any atom is 0.316 e. The Labute approximate surface area is 151 Å². The fourth-order valence-corrected chi connectivity index (χ4v) is 6.74. The lowest BCUT2D eigenvalue weighted by Crippen LogP contribution is -2.49. The summed E-state index contributed by atoms with van der Waals surface area (Å²) in [5.41, 5.74) is 0.297. The number of rotatable bonds is 5. The first kappa shape index (κ1) is 16.1. The number of ether oxygens (including phenoxy) is 1. The summed E-state index contributed by atoms with van der Waals surface area (Å²) in [6.45, 7) is 4.19. The highest BCUT2D eigenvalue weighted by molar-refractivity contribution is 5.19. The molecule has 0 unspecified atom stereocenters. The molecular formula is C20H32N4O. The molecule has 0 atom stereocenters. The fourth-order valence-electron chi connectivity index (χ4n) is 6.74. The molecule has 0 amide bonds. The van der Waals surface area contributed by atoms with Gasteiger partial charge >= 0.3 is 6.01 Å². The molecule has 5 heteroatoms. The van der Waals surface area contributed by atoms with Gasteiger partial charge in [0, 0.05) is 19.0 Å². The Kier molecular flexibility index (Phi) is 4.03. The third-order valence-corrected chi connectivity index (χ3v) is 7.43. The summed E-state index contributed by atoms with van der Waals surface area (Å²) in [5, 5.41) is 9.07. The minimum Gasteiger partial charge on any atom is -0.462 e. The van der Waals surface area contributed by atoms with Gasteiger partial charge in [0.25, 0.3) is 0 Å². The van der Waals surface area contributed by atoms with E-state index in [0.717, 1.165) is 36.9 Å². The van der Waals surface area contributed by atoms with E-state index in [1.165, 1.54) is 76.7 Å². The van der Waals surface area contributed by atoms with Gasteiger partial charge in [0.1, 0.15) is 12.4 Å². The quantitative estimate of drug-likeness (QED) is 0.823. The first-order valence-corrected chi connectivity index (χ1v) is 10.5. The van der Waals surface area contributed by atoms with Gasteiger partial charge in [0.05, 0.1) is 0 Å². The lowest BCUT2D eigenvalue weighted by atomic mass is 9.49. The van der Waals surface area contributed by atoms with Gasteiger partial charge in [0.2, 0.25) is 0 Å². The van der Waals surface area contributed by atoms with Crippen molar-refractivity contribution in [2.24, 2.45) is 24.8 Å². The first-order valence-electron chi connectivity index (χ1n) is 10.5. The molecule has 5 nitrogen and oxygen atoms in total. The molecule has 0 spiro atoms. The molecule has 5 aliphatic rings. The van der Waals surface area contributed by atoms with E-state index in [2.05, 4.69) is 26.7 Å². The summed E-state index contributed by atoms with van der Waals surface area (Å²) in [7, 11) is 2.12. The predicted molar refractivity (Wildman–Crippen MR) is 96.6 cm³/mol. The Hall–Kier alpha value is -1.10.